The molecule has 0 fully saturated rings. The second-order valence-electron chi connectivity index (χ2n) is 3.58. The molecule has 4 nitrogen and oxygen atoms in total. The molecule has 15 heavy (non-hydrogen) atoms. The van der Waals surface area contributed by atoms with Gasteiger partial charge in [0.05, 0.1) is 11.8 Å². The van der Waals surface area contributed by atoms with Gasteiger partial charge in [-0.25, -0.2) is 9.97 Å². The smallest absolute Gasteiger partial charge is 0.154 e. The number of hydrogen-bond acceptors (Lipinski definition) is 3. The number of alkyl halides is 1. The lowest BCUT2D eigenvalue weighted by Gasteiger charge is -2.11. The molecule has 0 radical (unpaired) electrons. The highest BCUT2D eigenvalue weighted by Crippen LogP contribution is 2.19. The van der Waals surface area contributed by atoms with Gasteiger partial charge in [0.15, 0.2) is 5.82 Å². The van der Waals surface area contributed by atoms with Crippen LogP contribution in [0.4, 0.5) is 5.82 Å². The first-order chi connectivity index (χ1) is 7.22. The molecule has 0 saturated carbocycles. The fraction of sp³-hybridized carbons (Fsp3) is 0.400. The minimum Gasteiger partial charge on any atom is -0.365 e. The predicted octanol–water partition coefficient (Wildman–Crippen LogP) is 2.01. The third kappa shape index (κ3) is 1.90. The molecule has 1 atom stereocenters. The summed E-state index contributed by atoms with van der Waals surface area (Å²) < 4.78 is 1.97. The Morgan fingerprint density at radius 3 is 3.07 bits per heavy atom. The van der Waals surface area contributed by atoms with E-state index < -0.39 is 0 Å². The Morgan fingerprint density at radius 1 is 1.53 bits per heavy atom. The molecule has 2 heterocycles. The summed E-state index contributed by atoms with van der Waals surface area (Å²) >= 11 is 5.74. The van der Waals surface area contributed by atoms with Crippen molar-refractivity contribution < 1.29 is 0 Å². The van der Waals surface area contributed by atoms with Crippen LogP contribution < -0.4 is 5.32 Å². The maximum Gasteiger partial charge on any atom is 0.154 e. The molecule has 1 N–H and O–H groups in total. The molecule has 2 rings (SSSR count). The Balaban J connectivity index is 2.43. The van der Waals surface area contributed by atoms with Crippen LogP contribution in [-0.4, -0.2) is 26.5 Å². The maximum absolute atomic E-state index is 5.74. The molecule has 0 bridgehead atoms. The average molecular weight is 225 g/mol. The summed E-state index contributed by atoms with van der Waals surface area (Å²) in [5, 5.41) is 3.23. The van der Waals surface area contributed by atoms with Gasteiger partial charge in [0.1, 0.15) is 5.52 Å². The van der Waals surface area contributed by atoms with Gasteiger partial charge in [-0.2, -0.15) is 0 Å². The lowest BCUT2D eigenvalue weighted by Crippen LogP contribution is -2.17. The van der Waals surface area contributed by atoms with Crippen molar-refractivity contribution >= 4 is 28.5 Å². The number of imidazole rings is 1. The summed E-state index contributed by atoms with van der Waals surface area (Å²) in [6, 6.07) is 2.13. The first-order valence-electron chi connectivity index (χ1n) is 4.81. The molecule has 0 aromatic carbocycles. The molecule has 1 unspecified atom stereocenters. The zero-order valence-electron chi connectivity index (χ0n) is 8.74. The number of rotatable bonds is 3. The van der Waals surface area contributed by atoms with Crippen LogP contribution in [0.15, 0.2) is 18.6 Å². The minimum atomic E-state index is 0.187. The SMILES string of the molecule is CC(CCl)Nc1nccc2c1ncn2C. The van der Waals surface area contributed by atoms with Crippen molar-refractivity contribution in [3.63, 3.8) is 0 Å². The van der Waals surface area contributed by atoms with Crippen molar-refractivity contribution in [1.82, 2.24) is 14.5 Å². The standard InChI is InChI=1S/C10H13ClN4/c1-7(5-11)14-10-9-8(3-4-12-10)15(2)6-13-9/h3-4,6-7H,5H2,1-2H3,(H,12,14). The Kier molecular flexibility index (Phi) is 2.77. The number of aromatic nitrogens is 3. The zero-order valence-corrected chi connectivity index (χ0v) is 9.49. The third-order valence-corrected chi connectivity index (χ3v) is 2.72. The van der Waals surface area contributed by atoms with Gasteiger partial charge in [-0.1, -0.05) is 0 Å². The molecule has 0 aliphatic carbocycles. The average Bonchev–Trinajstić information content (AvgIpc) is 2.62. The number of nitrogens with one attached hydrogen (secondary N) is 1. The van der Waals surface area contributed by atoms with E-state index in [1.165, 1.54) is 0 Å². The summed E-state index contributed by atoms with van der Waals surface area (Å²) in [5.74, 6) is 1.34. The van der Waals surface area contributed by atoms with Crippen LogP contribution in [0.5, 0.6) is 0 Å². The number of pyridine rings is 1. The van der Waals surface area contributed by atoms with Crippen LogP contribution in [0.2, 0.25) is 0 Å². The topological polar surface area (TPSA) is 42.7 Å². The quantitative estimate of drug-likeness (QED) is 0.812. The van der Waals surface area contributed by atoms with Gasteiger partial charge in [-0.15, -0.1) is 11.6 Å². The number of nitrogens with zero attached hydrogens (tertiary/aromatic N) is 3. The number of halogens is 1. The van der Waals surface area contributed by atoms with Crippen LogP contribution in [0.1, 0.15) is 6.92 Å². The summed E-state index contributed by atoms with van der Waals surface area (Å²) in [7, 11) is 1.96. The monoisotopic (exact) mass is 224 g/mol. The minimum absolute atomic E-state index is 0.187. The molecule has 0 amide bonds. The fourth-order valence-corrected chi connectivity index (χ4v) is 1.52. The van der Waals surface area contributed by atoms with E-state index in [9.17, 15) is 0 Å². The van der Waals surface area contributed by atoms with Crippen molar-refractivity contribution in [3.05, 3.63) is 18.6 Å². The highest BCUT2D eigenvalue weighted by Gasteiger charge is 2.08. The molecule has 0 aliphatic heterocycles. The summed E-state index contributed by atoms with van der Waals surface area (Å²) in [6.45, 7) is 2.01. The highest BCUT2D eigenvalue weighted by atomic mass is 35.5. The molecule has 2 aromatic rings. The fourth-order valence-electron chi connectivity index (χ4n) is 1.44. The van der Waals surface area contributed by atoms with Gasteiger partial charge in [-0.05, 0) is 13.0 Å². The Morgan fingerprint density at radius 2 is 2.33 bits per heavy atom. The Hall–Kier alpha value is -1.29. The largest absolute Gasteiger partial charge is 0.365 e. The molecule has 0 spiro atoms. The Labute approximate surface area is 93.3 Å². The van der Waals surface area contributed by atoms with E-state index in [1.54, 1.807) is 12.5 Å². The van der Waals surface area contributed by atoms with E-state index in [0.717, 1.165) is 16.9 Å². The second kappa shape index (κ2) is 4.06. The second-order valence-corrected chi connectivity index (χ2v) is 3.89. The summed E-state index contributed by atoms with van der Waals surface area (Å²) in [6.07, 6.45) is 3.55. The van der Waals surface area contributed by atoms with Crippen LogP contribution in [0, 0.1) is 0 Å². The van der Waals surface area contributed by atoms with Crippen molar-refractivity contribution in [2.75, 3.05) is 11.2 Å². The van der Waals surface area contributed by atoms with Crippen molar-refractivity contribution in [2.45, 2.75) is 13.0 Å². The molecule has 5 heteroatoms. The Bertz CT molecular complexity index is 465. The molecular weight excluding hydrogens is 212 g/mol. The van der Waals surface area contributed by atoms with E-state index >= 15 is 0 Å². The molecule has 2 aromatic heterocycles. The number of anilines is 1. The normalized spacial score (nSPS) is 13.0. The van der Waals surface area contributed by atoms with Crippen LogP contribution in [0.3, 0.4) is 0 Å². The summed E-state index contributed by atoms with van der Waals surface area (Å²) in [4.78, 5) is 8.56. The van der Waals surface area contributed by atoms with Gasteiger partial charge in [0, 0.05) is 25.2 Å². The molecule has 0 saturated heterocycles. The van der Waals surface area contributed by atoms with Crippen LogP contribution >= 0.6 is 11.6 Å². The number of hydrogen-bond donors (Lipinski definition) is 1. The maximum atomic E-state index is 5.74. The van der Waals surface area contributed by atoms with Gasteiger partial charge in [-0.3, -0.25) is 0 Å². The summed E-state index contributed by atoms with van der Waals surface area (Å²) in [5.41, 5.74) is 1.95. The van der Waals surface area contributed by atoms with Crippen molar-refractivity contribution in [2.24, 2.45) is 7.05 Å². The van der Waals surface area contributed by atoms with E-state index in [1.807, 2.05) is 24.6 Å². The van der Waals surface area contributed by atoms with E-state index in [2.05, 4.69) is 15.3 Å². The van der Waals surface area contributed by atoms with E-state index in [-0.39, 0.29) is 6.04 Å². The number of fused-ring (bicyclic) bond motifs is 1. The third-order valence-electron chi connectivity index (χ3n) is 2.26. The van der Waals surface area contributed by atoms with Crippen molar-refractivity contribution in [3.8, 4) is 0 Å². The van der Waals surface area contributed by atoms with E-state index in [4.69, 9.17) is 11.6 Å². The van der Waals surface area contributed by atoms with Crippen LogP contribution in [0.25, 0.3) is 11.0 Å². The first kappa shape index (κ1) is 10.2. The molecule has 0 aliphatic rings. The molecular formula is C10H13ClN4. The lowest BCUT2D eigenvalue weighted by atomic mass is 10.3. The van der Waals surface area contributed by atoms with Gasteiger partial charge >= 0.3 is 0 Å². The predicted molar refractivity (Wildman–Crippen MR) is 62.3 cm³/mol. The van der Waals surface area contributed by atoms with Crippen LogP contribution in [-0.2, 0) is 7.05 Å². The van der Waals surface area contributed by atoms with Gasteiger partial charge in [0.25, 0.3) is 0 Å². The zero-order chi connectivity index (χ0) is 10.8. The van der Waals surface area contributed by atoms with Gasteiger partial charge in [0.2, 0.25) is 0 Å². The molecule has 80 valence electrons. The number of aryl methyl sites for hydroxylation is 1. The highest BCUT2D eigenvalue weighted by molar-refractivity contribution is 6.18. The van der Waals surface area contributed by atoms with E-state index in [0.29, 0.717) is 5.88 Å². The van der Waals surface area contributed by atoms with Crippen molar-refractivity contribution in [1.29, 1.82) is 0 Å². The lowest BCUT2D eigenvalue weighted by molar-refractivity contribution is 0.899. The first-order valence-corrected chi connectivity index (χ1v) is 5.34. The van der Waals surface area contributed by atoms with Gasteiger partial charge < -0.3 is 9.88 Å².